The number of nitrogens with zero attached hydrogens (tertiary/aromatic N) is 3. The maximum Gasteiger partial charge on any atom is 0.143 e. The molecule has 0 spiro atoms. The summed E-state index contributed by atoms with van der Waals surface area (Å²) in [5.41, 5.74) is 15.6. The van der Waals surface area contributed by atoms with Crippen molar-refractivity contribution in [3.63, 3.8) is 0 Å². The second kappa shape index (κ2) is 8.45. The van der Waals surface area contributed by atoms with Gasteiger partial charge < -0.3 is 21.1 Å². The van der Waals surface area contributed by atoms with E-state index in [1.807, 2.05) is 12.1 Å². The predicted molar refractivity (Wildman–Crippen MR) is 110 cm³/mol. The van der Waals surface area contributed by atoms with Gasteiger partial charge in [0.15, 0.2) is 0 Å². The summed E-state index contributed by atoms with van der Waals surface area (Å²) in [5, 5.41) is 0. The zero-order chi connectivity index (χ0) is 18.5. The van der Waals surface area contributed by atoms with Crippen molar-refractivity contribution < 1.29 is 4.74 Å². The minimum Gasteiger partial charge on any atom is -0.495 e. The molecule has 0 amide bonds. The minimum atomic E-state index is 0.611. The topological polar surface area (TPSA) is 80.1 Å². The Kier molecular flexibility index (Phi) is 6.04. The average molecular weight is 358 g/mol. The largest absolute Gasteiger partial charge is 0.495 e. The van der Waals surface area contributed by atoms with E-state index in [4.69, 9.17) is 16.2 Å². The fourth-order valence-corrected chi connectivity index (χ4v) is 4.19. The van der Waals surface area contributed by atoms with E-state index in [2.05, 4.69) is 14.8 Å². The van der Waals surface area contributed by atoms with Gasteiger partial charge in [0.1, 0.15) is 5.75 Å². The van der Waals surface area contributed by atoms with Gasteiger partial charge in [0.2, 0.25) is 0 Å². The molecule has 26 heavy (non-hydrogen) atoms. The lowest BCUT2D eigenvalue weighted by atomic mass is 10.0. The molecule has 0 aromatic heterocycles. The Hall–Kier alpha value is -2.21. The van der Waals surface area contributed by atoms with Crippen molar-refractivity contribution >= 4 is 23.2 Å². The molecule has 0 bridgehead atoms. The molecule has 1 saturated carbocycles. The van der Waals surface area contributed by atoms with Gasteiger partial charge >= 0.3 is 0 Å². The number of aliphatic imine (C=N–C) groups is 1. The molecule has 1 heterocycles. The van der Waals surface area contributed by atoms with Crippen LogP contribution in [0.25, 0.3) is 5.57 Å². The molecule has 0 radical (unpaired) electrons. The minimum absolute atomic E-state index is 0.611. The monoisotopic (exact) mass is 357 g/mol. The van der Waals surface area contributed by atoms with E-state index < -0.39 is 0 Å². The number of allylic oxidation sites excluding steroid dienone is 1. The molecular formula is C20H31N5O. The number of ether oxygens (including phenoxy) is 1. The van der Waals surface area contributed by atoms with Gasteiger partial charge in [-0.05, 0) is 18.9 Å². The molecule has 6 heteroatoms. The van der Waals surface area contributed by atoms with Crippen LogP contribution in [-0.2, 0) is 0 Å². The first-order valence-corrected chi connectivity index (χ1v) is 9.49. The van der Waals surface area contributed by atoms with E-state index in [1.54, 1.807) is 26.6 Å². The van der Waals surface area contributed by atoms with Crippen LogP contribution in [0.3, 0.4) is 0 Å². The number of anilines is 2. The Morgan fingerprint density at radius 1 is 1.19 bits per heavy atom. The molecule has 2 aliphatic rings. The highest BCUT2D eigenvalue weighted by Gasteiger charge is 2.27. The number of nitrogens with two attached hydrogens (primary N) is 2. The van der Waals surface area contributed by atoms with Gasteiger partial charge in [0, 0.05) is 74.6 Å². The van der Waals surface area contributed by atoms with Crippen molar-refractivity contribution in [1.82, 2.24) is 4.90 Å². The van der Waals surface area contributed by atoms with Gasteiger partial charge in [-0.2, -0.15) is 0 Å². The van der Waals surface area contributed by atoms with Crippen molar-refractivity contribution in [2.75, 3.05) is 51.0 Å². The maximum absolute atomic E-state index is 6.16. The van der Waals surface area contributed by atoms with Gasteiger partial charge in [0.25, 0.3) is 0 Å². The maximum atomic E-state index is 6.16. The van der Waals surface area contributed by atoms with Crippen LogP contribution in [0, 0.1) is 0 Å². The Bertz CT molecular complexity index is 671. The number of piperazine rings is 1. The van der Waals surface area contributed by atoms with Gasteiger partial charge in [-0.15, -0.1) is 0 Å². The number of hydrogen-bond donors (Lipinski definition) is 2. The van der Waals surface area contributed by atoms with Crippen molar-refractivity contribution in [3.8, 4) is 5.75 Å². The lowest BCUT2D eigenvalue weighted by molar-refractivity contribution is 0.187. The number of hydrogen-bond acceptors (Lipinski definition) is 6. The molecule has 3 rings (SSSR count). The summed E-state index contributed by atoms with van der Waals surface area (Å²) in [7, 11) is 3.40. The molecule has 0 atom stereocenters. The molecule has 142 valence electrons. The second-order valence-electron chi connectivity index (χ2n) is 7.08. The fraction of sp³-hybridized carbons (Fsp3) is 0.550. The second-order valence-corrected chi connectivity index (χ2v) is 7.08. The summed E-state index contributed by atoms with van der Waals surface area (Å²) < 4.78 is 5.46. The number of nitrogen functional groups attached to an aromatic ring is 1. The van der Waals surface area contributed by atoms with Crippen LogP contribution in [0.15, 0.2) is 23.3 Å². The first-order chi connectivity index (χ1) is 12.7. The highest BCUT2D eigenvalue weighted by molar-refractivity contribution is 6.12. The van der Waals surface area contributed by atoms with Crippen LogP contribution >= 0.6 is 0 Å². The van der Waals surface area contributed by atoms with E-state index in [9.17, 15) is 0 Å². The van der Waals surface area contributed by atoms with Crippen LogP contribution in [0.4, 0.5) is 11.4 Å². The van der Waals surface area contributed by atoms with Crippen molar-refractivity contribution in [1.29, 1.82) is 0 Å². The Balaban J connectivity index is 1.86. The quantitative estimate of drug-likeness (QED) is 0.624. The van der Waals surface area contributed by atoms with E-state index >= 15 is 0 Å². The van der Waals surface area contributed by atoms with Crippen molar-refractivity contribution in [3.05, 3.63) is 23.9 Å². The highest BCUT2D eigenvalue weighted by atomic mass is 16.5. The highest BCUT2D eigenvalue weighted by Crippen LogP contribution is 2.36. The van der Waals surface area contributed by atoms with E-state index in [-0.39, 0.29) is 0 Å². The molecule has 4 N–H and O–H groups in total. The summed E-state index contributed by atoms with van der Waals surface area (Å²) in [6.45, 7) is 4.19. The third-order valence-electron chi connectivity index (χ3n) is 5.60. The molecule has 1 aliphatic carbocycles. The lowest BCUT2D eigenvalue weighted by Gasteiger charge is -2.40. The fourth-order valence-electron chi connectivity index (χ4n) is 4.19. The lowest BCUT2D eigenvalue weighted by Crippen LogP contribution is -2.50. The Morgan fingerprint density at radius 2 is 1.88 bits per heavy atom. The Labute approximate surface area is 156 Å². The molecule has 2 fully saturated rings. The van der Waals surface area contributed by atoms with Crippen molar-refractivity contribution in [2.45, 2.75) is 31.7 Å². The molecule has 6 nitrogen and oxygen atoms in total. The van der Waals surface area contributed by atoms with E-state index in [0.29, 0.717) is 11.4 Å². The molecule has 1 aromatic carbocycles. The zero-order valence-corrected chi connectivity index (χ0v) is 15.9. The molecule has 1 saturated heterocycles. The molecule has 1 aromatic rings. The van der Waals surface area contributed by atoms with E-state index in [0.717, 1.165) is 49.0 Å². The number of methoxy groups -OCH3 is 1. The van der Waals surface area contributed by atoms with Crippen LogP contribution in [0.2, 0.25) is 0 Å². The normalized spacial score (nSPS) is 20.2. The number of benzene rings is 1. The van der Waals surface area contributed by atoms with Crippen LogP contribution in [0.5, 0.6) is 5.75 Å². The summed E-state index contributed by atoms with van der Waals surface area (Å²) in [6, 6.07) is 4.75. The van der Waals surface area contributed by atoms with Gasteiger partial charge in [0.05, 0.1) is 12.8 Å². The van der Waals surface area contributed by atoms with Crippen LogP contribution in [0.1, 0.15) is 31.2 Å². The first-order valence-electron chi connectivity index (χ1n) is 9.49. The summed E-state index contributed by atoms with van der Waals surface area (Å²) in [4.78, 5) is 9.20. The molecule has 1 aliphatic heterocycles. The summed E-state index contributed by atoms with van der Waals surface area (Å²) in [5.74, 6) is 0.701. The molecule has 0 unspecified atom stereocenters. The first kappa shape index (κ1) is 18.6. The Morgan fingerprint density at radius 3 is 2.46 bits per heavy atom. The zero-order valence-electron chi connectivity index (χ0n) is 15.9. The van der Waals surface area contributed by atoms with Gasteiger partial charge in [-0.25, -0.2) is 0 Å². The third kappa shape index (κ3) is 3.80. The number of rotatable bonds is 5. The van der Waals surface area contributed by atoms with E-state index in [1.165, 1.54) is 25.7 Å². The SMILES string of the molecule is CN=CC(=CN)c1cc(N)c(OC)cc1N1CCN(C2CCCC2)CC1. The standard InChI is InChI=1S/C20H31N5O/c1-23-14-15(13-21)17-11-18(22)20(26-2)12-19(17)25-9-7-24(8-10-25)16-5-3-4-6-16/h11-14,16H,3-10,21-22H2,1-2H3. The summed E-state index contributed by atoms with van der Waals surface area (Å²) >= 11 is 0. The van der Waals surface area contributed by atoms with Crippen LogP contribution < -0.4 is 21.1 Å². The smallest absolute Gasteiger partial charge is 0.143 e. The van der Waals surface area contributed by atoms with Gasteiger partial charge in [-0.3, -0.25) is 9.89 Å². The van der Waals surface area contributed by atoms with Crippen LogP contribution in [-0.4, -0.2) is 57.5 Å². The van der Waals surface area contributed by atoms with Gasteiger partial charge in [-0.1, -0.05) is 12.8 Å². The third-order valence-corrected chi connectivity index (χ3v) is 5.60. The van der Waals surface area contributed by atoms with Crippen molar-refractivity contribution in [2.24, 2.45) is 10.7 Å². The summed E-state index contributed by atoms with van der Waals surface area (Å²) in [6.07, 6.45) is 8.84. The molecular weight excluding hydrogens is 326 g/mol. The average Bonchev–Trinajstić information content (AvgIpc) is 3.21. The predicted octanol–water partition coefficient (Wildman–Crippen LogP) is 2.34.